The summed E-state index contributed by atoms with van der Waals surface area (Å²) in [5.74, 6) is 1.04. The van der Waals surface area contributed by atoms with Crippen LogP contribution in [0.5, 0.6) is 5.75 Å². The van der Waals surface area contributed by atoms with Crippen LogP contribution < -0.4 is 4.74 Å². The highest BCUT2D eigenvalue weighted by atomic mass is 35.5. The zero-order valence-corrected chi connectivity index (χ0v) is 24.4. The molecule has 0 saturated heterocycles. The van der Waals surface area contributed by atoms with Crippen LogP contribution in [0.2, 0.25) is 10.0 Å². The molecule has 0 bridgehead atoms. The number of carbonyl (C=O) groups is 1. The van der Waals surface area contributed by atoms with Crippen molar-refractivity contribution in [3.8, 4) is 28.7 Å². The minimum Gasteiger partial charge on any atom is -0.487 e. The molecule has 10 heteroatoms. The average Bonchev–Trinajstić information content (AvgIpc) is 3.43. The number of likely N-dealkylation sites (N-methyl/N-ethyl adjacent to an activating group) is 1. The molecule has 2 aromatic heterocycles. The normalized spacial score (nSPS) is 17.5. The van der Waals surface area contributed by atoms with Crippen LogP contribution in [0.4, 0.5) is 0 Å². The number of hydrogen-bond acceptors (Lipinski definition) is 7. The predicted octanol–water partition coefficient (Wildman–Crippen LogP) is 6.49. The quantitative estimate of drug-likeness (QED) is 0.247. The zero-order valence-electron chi connectivity index (χ0n) is 22.8. The molecular weight excluding hydrogens is 549 g/mol. The number of fused-ring (bicyclic) bond motifs is 1. The van der Waals surface area contributed by atoms with Crippen molar-refractivity contribution < 1.29 is 13.9 Å². The fourth-order valence-electron chi connectivity index (χ4n) is 4.86. The van der Waals surface area contributed by atoms with Gasteiger partial charge >= 0.3 is 0 Å². The first-order valence-electron chi connectivity index (χ1n) is 13.2. The molecule has 0 spiro atoms. The molecule has 0 N–H and O–H groups in total. The molecule has 1 aliphatic rings. The second-order valence-electron chi connectivity index (χ2n) is 10.5. The van der Waals surface area contributed by atoms with E-state index in [1.807, 2.05) is 50.1 Å². The van der Waals surface area contributed by atoms with Gasteiger partial charge in [-0.05, 0) is 62.9 Å². The molecule has 1 aliphatic heterocycles. The summed E-state index contributed by atoms with van der Waals surface area (Å²) in [6.07, 6.45) is 3.10. The van der Waals surface area contributed by atoms with E-state index in [1.54, 1.807) is 36.7 Å². The highest BCUT2D eigenvalue weighted by Crippen LogP contribution is 2.38. The lowest BCUT2D eigenvalue weighted by Crippen LogP contribution is -2.48. The second-order valence-corrected chi connectivity index (χ2v) is 11.3. The van der Waals surface area contributed by atoms with E-state index >= 15 is 0 Å². The summed E-state index contributed by atoms with van der Waals surface area (Å²) in [7, 11) is 2.04. The van der Waals surface area contributed by atoms with Crippen molar-refractivity contribution >= 4 is 29.1 Å². The van der Waals surface area contributed by atoms with Crippen LogP contribution in [0, 0.1) is 5.92 Å². The molecule has 208 valence electrons. The van der Waals surface area contributed by atoms with Gasteiger partial charge in [0.05, 0.1) is 21.2 Å². The first-order valence-corrected chi connectivity index (χ1v) is 13.9. The molecule has 40 heavy (non-hydrogen) atoms. The van der Waals surface area contributed by atoms with Gasteiger partial charge in [-0.25, -0.2) is 0 Å². The SMILES string of the molecule is CC1CN(C(C)C)C(=O)c2cccc(-c3nnc(-c4ccncc4)o3)c2OC1CN(C)Cc1ccc(Cl)c(Cl)c1. The molecule has 2 aromatic carbocycles. The summed E-state index contributed by atoms with van der Waals surface area (Å²) in [6, 6.07) is 14.7. The fraction of sp³-hybridized carbons (Fsp3) is 0.333. The third kappa shape index (κ3) is 5.99. The number of benzene rings is 2. The van der Waals surface area contributed by atoms with E-state index in [0.29, 0.717) is 52.4 Å². The average molecular weight is 581 g/mol. The van der Waals surface area contributed by atoms with Gasteiger partial charge in [-0.1, -0.05) is 42.3 Å². The lowest BCUT2D eigenvalue weighted by Gasteiger charge is -2.38. The summed E-state index contributed by atoms with van der Waals surface area (Å²) in [5, 5.41) is 9.59. The Morgan fingerprint density at radius 1 is 1.02 bits per heavy atom. The molecule has 4 aromatic rings. The highest BCUT2D eigenvalue weighted by molar-refractivity contribution is 6.42. The van der Waals surface area contributed by atoms with Gasteiger partial charge in [0.1, 0.15) is 11.9 Å². The molecule has 3 heterocycles. The van der Waals surface area contributed by atoms with Crippen LogP contribution in [0.15, 0.2) is 65.3 Å². The molecule has 5 rings (SSSR count). The number of ether oxygens (including phenoxy) is 1. The van der Waals surface area contributed by atoms with Crippen molar-refractivity contribution in [3.63, 3.8) is 0 Å². The van der Waals surface area contributed by atoms with Crippen molar-refractivity contribution in [1.82, 2.24) is 25.0 Å². The molecule has 2 unspecified atom stereocenters. The number of carbonyl (C=O) groups excluding carboxylic acids is 1. The summed E-state index contributed by atoms with van der Waals surface area (Å²) in [6.45, 7) is 8.01. The molecule has 0 saturated carbocycles. The molecule has 0 radical (unpaired) electrons. The zero-order chi connectivity index (χ0) is 28.4. The maximum atomic E-state index is 13.8. The Morgan fingerprint density at radius 3 is 2.48 bits per heavy atom. The van der Waals surface area contributed by atoms with Gasteiger partial charge in [0.15, 0.2) is 0 Å². The summed E-state index contributed by atoms with van der Waals surface area (Å²) in [5.41, 5.74) is 2.85. The third-order valence-electron chi connectivity index (χ3n) is 7.03. The molecular formula is C30H31Cl2N5O3. The maximum absolute atomic E-state index is 13.8. The van der Waals surface area contributed by atoms with Crippen LogP contribution in [0.1, 0.15) is 36.7 Å². The molecule has 8 nitrogen and oxygen atoms in total. The molecule has 0 fully saturated rings. The second kappa shape index (κ2) is 12.0. The molecule has 0 aliphatic carbocycles. The lowest BCUT2D eigenvalue weighted by atomic mass is 9.98. The van der Waals surface area contributed by atoms with Crippen molar-refractivity contribution in [2.45, 2.75) is 39.5 Å². The number of nitrogens with zero attached hydrogens (tertiary/aromatic N) is 5. The number of hydrogen-bond donors (Lipinski definition) is 0. The van der Waals surface area contributed by atoms with Gasteiger partial charge in [-0.15, -0.1) is 10.2 Å². The minimum atomic E-state index is -0.232. The Kier molecular flexibility index (Phi) is 8.40. The number of aromatic nitrogens is 3. The monoisotopic (exact) mass is 579 g/mol. The highest BCUT2D eigenvalue weighted by Gasteiger charge is 2.34. The van der Waals surface area contributed by atoms with Crippen LogP contribution in [0.3, 0.4) is 0 Å². The standard InChI is InChI=1S/C30H31Cl2N5O3/c1-18(2)37-15-19(3)26(17-36(4)16-20-8-9-24(31)25(32)14-20)39-27-22(6-5-7-23(27)30(37)38)29-35-34-28(40-29)21-10-12-33-13-11-21/h5-14,18-19,26H,15-17H2,1-4H3. The Balaban J connectivity index is 1.50. The van der Waals surface area contributed by atoms with Crippen LogP contribution in [-0.4, -0.2) is 63.2 Å². The Morgan fingerprint density at radius 2 is 1.75 bits per heavy atom. The van der Waals surface area contributed by atoms with Crippen molar-refractivity contribution in [3.05, 3.63) is 82.1 Å². The Labute approximate surface area is 243 Å². The Bertz CT molecular complexity index is 1490. The smallest absolute Gasteiger partial charge is 0.257 e. The largest absolute Gasteiger partial charge is 0.487 e. The van der Waals surface area contributed by atoms with E-state index in [-0.39, 0.29) is 29.9 Å². The van der Waals surface area contributed by atoms with E-state index in [1.165, 1.54) is 0 Å². The van der Waals surface area contributed by atoms with Gasteiger partial charge < -0.3 is 14.1 Å². The first kappa shape index (κ1) is 28.1. The van der Waals surface area contributed by atoms with E-state index in [2.05, 4.69) is 27.0 Å². The summed E-state index contributed by atoms with van der Waals surface area (Å²) < 4.78 is 12.8. The van der Waals surface area contributed by atoms with Crippen LogP contribution >= 0.6 is 23.2 Å². The summed E-state index contributed by atoms with van der Waals surface area (Å²) in [4.78, 5) is 21.9. The fourth-order valence-corrected chi connectivity index (χ4v) is 5.18. The first-order chi connectivity index (χ1) is 19.2. The predicted molar refractivity (Wildman–Crippen MR) is 156 cm³/mol. The number of halogens is 2. The lowest BCUT2D eigenvalue weighted by molar-refractivity contribution is 0.0432. The minimum absolute atomic E-state index is 0.0147. The summed E-state index contributed by atoms with van der Waals surface area (Å²) >= 11 is 12.4. The molecule has 2 atom stereocenters. The number of rotatable bonds is 7. The van der Waals surface area contributed by atoms with E-state index < -0.39 is 0 Å². The van der Waals surface area contributed by atoms with E-state index in [4.69, 9.17) is 32.4 Å². The number of para-hydroxylation sites is 1. The van der Waals surface area contributed by atoms with Crippen molar-refractivity contribution in [2.75, 3.05) is 20.1 Å². The maximum Gasteiger partial charge on any atom is 0.257 e. The topological polar surface area (TPSA) is 84.6 Å². The van der Waals surface area contributed by atoms with Crippen molar-refractivity contribution in [1.29, 1.82) is 0 Å². The number of amides is 1. The van der Waals surface area contributed by atoms with Crippen LogP contribution in [0.25, 0.3) is 22.9 Å². The van der Waals surface area contributed by atoms with Gasteiger partial charge in [0.2, 0.25) is 5.89 Å². The van der Waals surface area contributed by atoms with E-state index in [9.17, 15) is 4.79 Å². The van der Waals surface area contributed by atoms with Gasteiger partial charge in [-0.2, -0.15) is 0 Å². The van der Waals surface area contributed by atoms with E-state index in [0.717, 1.165) is 11.1 Å². The molecule has 1 amide bonds. The van der Waals surface area contributed by atoms with Crippen LogP contribution in [-0.2, 0) is 6.54 Å². The van der Waals surface area contributed by atoms with Crippen molar-refractivity contribution in [2.24, 2.45) is 5.92 Å². The van der Waals surface area contributed by atoms with Gasteiger partial charge in [0, 0.05) is 49.6 Å². The van der Waals surface area contributed by atoms with Gasteiger partial charge in [0.25, 0.3) is 11.8 Å². The third-order valence-corrected chi connectivity index (χ3v) is 7.77. The number of pyridine rings is 1. The Hall–Kier alpha value is -3.46. The van der Waals surface area contributed by atoms with Gasteiger partial charge in [-0.3, -0.25) is 14.7 Å².